The molecule has 4 rings (SSSR count). The second kappa shape index (κ2) is 12.5. The first-order chi connectivity index (χ1) is 17.6. The lowest BCUT2D eigenvalue weighted by atomic mass is 10.1. The number of aromatic nitrogens is 4. The number of hydrogen-bond donors (Lipinski definition) is 1. The maximum absolute atomic E-state index is 13.0. The number of nitrogens with zero attached hydrogens (tertiary/aromatic N) is 6. The normalized spacial score (nSPS) is 16.2. The van der Waals surface area contributed by atoms with E-state index in [2.05, 4.69) is 32.0 Å². The van der Waals surface area contributed by atoms with Gasteiger partial charge in [0.1, 0.15) is 17.9 Å². The Morgan fingerprint density at radius 2 is 2.00 bits per heavy atom. The van der Waals surface area contributed by atoms with Crippen molar-refractivity contribution >= 4 is 11.7 Å². The van der Waals surface area contributed by atoms with E-state index in [4.69, 9.17) is 9.72 Å². The first-order valence-electron chi connectivity index (χ1n) is 12.9. The Balaban J connectivity index is 1.46. The van der Waals surface area contributed by atoms with Gasteiger partial charge in [-0.15, -0.1) is 0 Å². The lowest BCUT2D eigenvalue weighted by Crippen LogP contribution is -2.55. The van der Waals surface area contributed by atoms with Crippen molar-refractivity contribution in [2.24, 2.45) is 0 Å². The average molecular weight is 492 g/mol. The second-order valence-electron chi connectivity index (χ2n) is 9.20. The average Bonchev–Trinajstić information content (AvgIpc) is 3.42. The van der Waals surface area contributed by atoms with Gasteiger partial charge in [-0.2, -0.15) is 4.98 Å². The minimum Gasteiger partial charge on any atom is -0.494 e. The molecule has 2 aromatic heterocycles. The quantitative estimate of drug-likeness (QED) is 0.440. The fourth-order valence-electron chi connectivity index (χ4n) is 4.51. The summed E-state index contributed by atoms with van der Waals surface area (Å²) in [7, 11) is 0. The van der Waals surface area contributed by atoms with Crippen LogP contribution < -0.4 is 15.0 Å². The van der Waals surface area contributed by atoms with Gasteiger partial charge in [0, 0.05) is 56.8 Å². The van der Waals surface area contributed by atoms with Crippen LogP contribution in [0.15, 0.2) is 49.1 Å². The third-order valence-electron chi connectivity index (χ3n) is 6.40. The summed E-state index contributed by atoms with van der Waals surface area (Å²) in [5.74, 6) is 2.32. The van der Waals surface area contributed by atoms with Crippen LogP contribution in [0.4, 0.5) is 5.82 Å². The van der Waals surface area contributed by atoms with E-state index in [1.807, 2.05) is 54.9 Å². The van der Waals surface area contributed by atoms with E-state index in [0.29, 0.717) is 25.5 Å². The molecule has 0 aliphatic carbocycles. The van der Waals surface area contributed by atoms with E-state index in [9.17, 15) is 4.79 Å². The SMILES string of the molecule is CCCCN1CCN(c2cc(C)nc(-n3ccnc3)n2)C(CC(=O)NCc2ccc(OCC)cc2)C1. The third-order valence-corrected chi connectivity index (χ3v) is 6.40. The molecule has 3 heterocycles. The van der Waals surface area contributed by atoms with Crippen LogP contribution in [0.25, 0.3) is 5.95 Å². The summed E-state index contributed by atoms with van der Waals surface area (Å²) in [6.07, 6.45) is 7.99. The number of carbonyl (C=O) groups is 1. The monoisotopic (exact) mass is 491 g/mol. The number of piperazine rings is 1. The largest absolute Gasteiger partial charge is 0.494 e. The number of aryl methyl sites for hydroxylation is 1. The van der Waals surface area contributed by atoms with Gasteiger partial charge in [-0.25, -0.2) is 9.97 Å². The highest BCUT2D eigenvalue weighted by molar-refractivity contribution is 5.77. The van der Waals surface area contributed by atoms with Crippen molar-refractivity contribution < 1.29 is 9.53 Å². The molecule has 0 saturated carbocycles. The standard InChI is InChI=1S/C27H37N7O2/c1-4-6-12-32-14-15-34(25-16-21(3)30-27(31-25)33-13-11-28-20-33)23(19-32)17-26(35)29-18-22-7-9-24(10-8-22)36-5-2/h7-11,13,16,20,23H,4-6,12,14-15,17-19H2,1-3H3,(H,29,35). The van der Waals surface area contributed by atoms with E-state index in [1.54, 1.807) is 12.5 Å². The molecule has 1 saturated heterocycles. The van der Waals surface area contributed by atoms with Gasteiger partial charge in [-0.3, -0.25) is 14.3 Å². The minimum atomic E-state index is 0.0286. The molecular weight excluding hydrogens is 454 g/mol. The molecule has 1 atom stereocenters. The highest BCUT2D eigenvalue weighted by atomic mass is 16.5. The summed E-state index contributed by atoms with van der Waals surface area (Å²) in [5, 5.41) is 3.10. The van der Waals surface area contributed by atoms with Crippen molar-refractivity contribution in [3.8, 4) is 11.7 Å². The Hall–Kier alpha value is -3.46. The third kappa shape index (κ3) is 6.81. The molecule has 1 aromatic carbocycles. The van der Waals surface area contributed by atoms with Gasteiger partial charge in [0.05, 0.1) is 12.6 Å². The molecule has 192 valence electrons. The second-order valence-corrected chi connectivity index (χ2v) is 9.20. The first-order valence-corrected chi connectivity index (χ1v) is 12.9. The Labute approximate surface area is 213 Å². The van der Waals surface area contributed by atoms with Crippen LogP contribution in [0.2, 0.25) is 0 Å². The van der Waals surface area contributed by atoms with Crippen molar-refractivity contribution in [1.82, 2.24) is 29.7 Å². The van der Waals surface area contributed by atoms with E-state index in [-0.39, 0.29) is 11.9 Å². The van der Waals surface area contributed by atoms with Crippen LogP contribution in [0, 0.1) is 6.92 Å². The number of anilines is 1. The van der Waals surface area contributed by atoms with Crippen molar-refractivity contribution in [2.45, 2.75) is 52.6 Å². The number of rotatable bonds is 11. The zero-order valence-corrected chi connectivity index (χ0v) is 21.6. The number of ether oxygens (including phenoxy) is 1. The molecule has 36 heavy (non-hydrogen) atoms. The van der Waals surface area contributed by atoms with Crippen molar-refractivity contribution in [3.63, 3.8) is 0 Å². The van der Waals surface area contributed by atoms with Gasteiger partial charge in [-0.05, 0) is 44.5 Å². The number of hydrogen-bond acceptors (Lipinski definition) is 7. The molecule has 0 bridgehead atoms. The molecule has 9 heteroatoms. The lowest BCUT2D eigenvalue weighted by Gasteiger charge is -2.42. The highest BCUT2D eigenvalue weighted by Crippen LogP contribution is 2.23. The Morgan fingerprint density at radius 1 is 1.17 bits per heavy atom. The fourth-order valence-corrected chi connectivity index (χ4v) is 4.51. The number of nitrogens with one attached hydrogen (secondary N) is 1. The van der Waals surface area contributed by atoms with Crippen molar-refractivity contribution in [2.75, 3.05) is 37.7 Å². The van der Waals surface area contributed by atoms with Crippen LogP contribution in [-0.2, 0) is 11.3 Å². The van der Waals surface area contributed by atoms with Crippen molar-refractivity contribution in [1.29, 1.82) is 0 Å². The predicted octanol–water partition coefficient (Wildman–Crippen LogP) is 3.37. The van der Waals surface area contributed by atoms with Crippen molar-refractivity contribution in [3.05, 3.63) is 60.3 Å². The smallest absolute Gasteiger partial charge is 0.237 e. The summed E-state index contributed by atoms with van der Waals surface area (Å²) in [6.45, 7) is 10.9. The number of amides is 1. The summed E-state index contributed by atoms with van der Waals surface area (Å²) in [5.41, 5.74) is 1.93. The Bertz CT molecular complexity index is 1100. The molecule has 9 nitrogen and oxygen atoms in total. The van der Waals surface area contributed by atoms with Crippen LogP contribution in [0.1, 0.15) is 44.4 Å². The molecule has 0 radical (unpaired) electrons. The summed E-state index contributed by atoms with van der Waals surface area (Å²) < 4.78 is 7.32. The Kier molecular flexibility index (Phi) is 8.89. The van der Waals surface area contributed by atoms with Gasteiger partial charge in [0.25, 0.3) is 0 Å². The first kappa shape index (κ1) is 25.6. The van der Waals surface area contributed by atoms with E-state index >= 15 is 0 Å². The van der Waals surface area contributed by atoms with E-state index in [1.165, 1.54) is 0 Å². The van der Waals surface area contributed by atoms with Gasteiger partial charge < -0.3 is 15.0 Å². The van der Waals surface area contributed by atoms with E-state index in [0.717, 1.165) is 61.8 Å². The Morgan fingerprint density at radius 3 is 2.72 bits per heavy atom. The topological polar surface area (TPSA) is 88.4 Å². The molecule has 1 fully saturated rings. The van der Waals surface area contributed by atoms with Crippen LogP contribution in [0.3, 0.4) is 0 Å². The number of imidazole rings is 1. The van der Waals surface area contributed by atoms with Gasteiger partial charge >= 0.3 is 0 Å². The molecule has 0 spiro atoms. The minimum absolute atomic E-state index is 0.0286. The maximum Gasteiger partial charge on any atom is 0.237 e. The predicted molar refractivity (Wildman–Crippen MR) is 140 cm³/mol. The number of unbranched alkanes of at least 4 members (excludes halogenated alkanes) is 1. The zero-order chi connectivity index (χ0) is 25.3. The van der Waals surface area contributed by atoms with Gasteiger partial charge in [-0.1, -0.05) is 25.5 Å². The van der Waals surface area contributed by atoms with Crippen LogP contribution >= 0.6 is 0 Å². The zero-order valence-electron chi connectivity index (χ0n) is 21.6. The maximum atomic E-state index is 13.0. The summed E-state index contributed by atoms with van der Waals surface area (Å²) in [6, 6.07) is 9.90. The molecule has 1 aliphatic heterocycles. The van der Waals surface area contributed by atoms with Crippen LogP contribution in [0.5, 0.6) is 5.75 Å². The number of carbonyl (C=O) groups excluding carboxylic acids is 1. The fraction of sp³-hybridized carbons (Fsp3) is 0.481. The molecular formula is C27H37N7O2. The van der Waals surface area contributed by atoms with Crippen LogP contribution in [-0.4, -0.2) is 69.2 Å². The lowest BCUT2D eigenvalue weighted by molar-refractivity contribution is -0.121. The molecule has 1 aliphatic rings. The van der Waals surface area contributed by atoms with E-state index < -0.39 is 0 Å². The molecule has 1 amide bonds. The van der Waals surface area contributed by atoms with Gasteiger partial charge in [0.15, 0.2) is 0 Å². The molecule has 1 N–H and O–H groups in total. The molecule has 3 aromatic rings. The summed E-state index contributed by atoms with van der Waals surface area (Å²) >= 11 is 0. The molecule has 1 unspecified atom stereocenters. The highest BCUT2D eigenvalue weighted by Gasteiger charge is 2.30. The number of benzene rings is 1. The van der Waals surface area contributed by atoms with Gasteiger partial charge in [0.2, 0.25) is 11.9 Å². The summed E-state index contributed by atoms with van der Waals surface area (Å²) in [4.78, 5) is 31.3.